The van der Waals surface area contributed by atoms with Gasteiger partial charge in [0.2, 0.25) is 5.75 Å². The van der Waals surface area contributed by atoms with Crippen molar-refractivity contribution in [3.05, 3.63) is 40.7 Å². The summed E-state index contributed by atoms with van der Waals surface area (Å²) in [5, 5.41) is 17.5. The first-order valence-electron chi connectivity index (χ1n) is 6.33. The van der Waals surface area contributed by atoms with Crippen LogP contribution in [-0.2, 0) is 0 Å². The predicted molar refractivity (Wildman–Crippen MR) is 80.6 cm³/mol. The topological polar surface area (TPSA) is 77.3 Å². The summed E-state index contributed by atoms with van der Waals surface area (Å²) in [5.74, 6) is 0.782. The second-order valence-electron chi connectivity index (χ2n) is 4.30. The van der Waals surface area contributed by atoms with Crippen molar-refractivity contribution in [3.8, 4) is 23.3 Å². The molecule has 2 aromatic rings. The van der Waals surface area contributed by atoms with Gasteiger partial charge in [0.15, 0.2) is 16.7 Å². The summed E-state index contributed by atoms with van der Waals surface area (Å²) < 4.78 is 15.9. The number of methoxy groups -OCH3 is 3. The lowest BCUT2D eigenvalue weighted by molar-refractivity contribution is 0.323. The lowest BCUT2D eigenvalue weighted by Crippen LogP contribution is -2.04. The summed E-state index contributed by atoms with van der Waals surface area (Å²) in [6.07, 6.45) is 0. The molecule has 1 aromatic carbocycles. The van der Waals surface area contributed by atoms with E-state index in [1.165, 1.54) is 21.3 Å². The van der Waals surface area contributed by atoms with Gasteiger partial charge in [0, 0.05) is 0 Å². The maximum Gasteiger partial charge on any atom is 0.203 e. The van der Waals surface area contributed by atoms with Gasteiger partial charge in [-0.1, -0.05) is 11.6 Å². The molecule has 22 heavy (non-hydrogen) atoms. The molecule has 0 aliphatic rings. The fraction of sp³-hybridized carbons (Fsp3) is 0.267. The molecular formula is C15H14ClN3O3. The minimum atomic E-state index is -0.626. The van der Waals surface area contributed by atoms with Crippen molar-refractivity contribution in [2.24, 2.45) is 0 Å². The van der Waals surface area contributed by atoms with Crippen molar-refractivity contribution >= 4 is 11.6 Å². The summed E-state index contributed by atoms with van der Waals surface area (Å²) in [4.78, 5) is 0. The van der Waals surface area contributed by atoms with Crippen LogP contribution in [0, 0.1) is 11.3 Å². The van der Waals surface area contributed by atoms with E-state index in [9.17, 15) is 5.26 Å². The molecule has 1 aromatic heterocycles. The number of halogens is 1. The number of aromatic nitrogens is 2. The first-order chi connectivity index (χ1) is 10.6. The van der Waals surface area contributed by atoms with E-state index in [1.54, 1.807) is 24.3 Å². The van der Waals surface area contributed by atoms with Crippen LogP contribution in [0.25, 0.3) is 0 Å². The summed E-state index contributed by atoms with van der Waals surface area (Å²) in [6, 6.07) is 8.87. The van der Waals surface area contributed by atoms with Crippen LogP contribution in [0.5, 0.6) is 17.2 Å². The predicted octanol–water partition coefficient (Wildman–Crippen LogP) is 2.81. The Kier molecular flexibility index (Phi) is 5.02. The standard InChI is InChI=1S/C15H14ClN3O3/c1-20-12-6-9(7-13(21-2)15(12)22-3)10(8-17)11-4-5-14(16)19-18-11/h4-7,10H,1-3H3. The molecule has 0 spiro atoms. The van der Waals surface area contributed by atoms with Crippen LogP contribution >= 0.6 is 11.6 Å². The second kappa shape index (κ2) is 6.96. The van der Waals surface area contributed by atoms with Gasteiger partial charge in [0.1, 0.15) is 5.92 Å². The minimum Gasteiger partial charge on any atom is -0.493 e. The van der Waals surface area contributed by atoms with Crippen LogP contribution in [0.4, 0.5) is 0 Å². The summed E-state index contributed by atoms with van der Waals surface area (Å²) in [7, 11) is 4.56. The van der Waals surface area contributed by atoms with Crippen LogP contribution in [0.1, 0.15) is 17.2 Å². The Morgan fingerprint density at radius 3 is 2.09 bits per heavy atom. The fourth-order valence-electron chi connectivity index (χ4n) is 2.06. The lowest BCUT2D eigenvalue weighted by atomic mass is 9.96. The molecule has 0 aliphatic carbocycles. The Morgan fingerprint density at radius 1 is 1.05 bits per heavy atom. The molecule has 0 N–H and O–H groups in total. The number of rotatable bonds is 5. The average molecular weight is 320 g/mol. The average Bonchev–Trinajstić information content (AvgIpc) is 2.56. The molecule has 0 bridgehead atoms. The molecule has 1 atom stereocenters. The monoisotopic (exact) mass is 319 g/mol. The molecule has 7 heteroatoms. The summed E-state index contributed by atoms with van der Waals surface area (Å²) in [5.41, 5.74) is 1.15. The van der Waals surface area contributed by atoms with Crippen LogP contribution in [0.2, 0.25) is 5.15 Å². The van der Waals surface area contributed by atoms with E-state index >= 15 is 0 Å². The summed E-state index contributed by atoms with van der Waals surface area (Å²) in [6.45, 7) is 0. The molecule has 2 rings (SSSR count). The number of hydrogen-bond donors (Lipinski definition) is 0. The Balaban J connectivity index is 2.54. The smallest absolute Gasteiger partial charge is 0.203 e. The second-order valence-corrected chi connectivity index (χ2v) is 4.69. The van der Waals surface area contributed by atoms with E-state index in [-0.39, 0.29) is 5.15 Å². The van der Waals surface area contributed by atoms with Gasteiger partial charge in [-0.2, -0.15) is 10.4 Å². The third-order valence-electron chi connectivity index (χ3n) is 3.10. The quantitative estimate of drug-likeness (QED) is 0.843. The first kappa shape index (κ1) is 15.9. The molecule has 6 nitrogen and oxygen atoms in total. The molecule has 0 fully saturated rings. The minimum absolute atomic E-state index is 0.269. The van der Waals surface area contributed by atoms with E-state index in [0.717, 1.165) is 0 Å². The Bertz CT molecular complexity index is 673. The molecule has 114 valence electrons. The molecule has 0 saturated carbocycles. The van der Waals surface area contributed by atoms with Crippen molar-refractivity contribution in [1.29, 1.82) is 5.26 Å². The van der Waals surface area contributed by atoms with Crippen LogP contribution < -0.4 is 14.2 Å². The number of nitriles is 1. The largest absolute Gasteiger partial charge is 0.493 e. The van der Waals surface area contributed by atoms with Gasteiger partial charge in [-0.15, -0.1) is 5.10 Å². The zero-order valence-corrected chi connectivity index (χ0v) is 13.1. The van der Waals surface area contributed by atoms with E-state index in [2.05, 4.69) is 16.3 Å². The highest BCUT2D eigenvalue weighted by Gasteiger charge is 2.21. The maximum absolute atomic E-state index is 9.49. The van der Waals surface area contributed by atoms with Crippen LogP contribution in [0.15, 0.2) is 24.3 Å². The molecule has 0 amide bonds. The molecule has 0 saturated heterocycles. The van der Waals surface area contributed by atoms with Gasteiger partial charge < -0.3 is 14.2 Å². The maximum atomic E-state index is 9.49. The molecule has 1 unspecified atom stereocenters. The number of benzene rings is 1. The van der Waals surface area contributed by atoms with Gasteiger partial charge in [-0.25, -0.2) is 0 Å². The van der Waals surface area contributed by atoms with Crippen LogP contribution in [0.3, 0.4) is 0 Å². The highest BCUT2D eigenvalue weighted by atomic mass is 35.5. The number of nitrogens with zero attached hydrogens (tertiary/aromatic N) is 3. The third kappa shape index (κ3) is 3.05. The number of hydrogen-bond acceptors (Lipinski definition) is 6. The fourth-order valence-corrected chi connectivity index (χ4v) is 2.16. The van der Waals surface area contributed by atoms with E-state index < -0.39 is 5.92 Å². The molecule has 1 heterocycles. The first-order valence-corrected chi connectivity index (χ1v) is 6.71. The molecular weight excluding hydrogens is 306 g/mol. The Hall–Kier alpha value is -2.52. The van der Waals surface area contributed by atoms with Crippen LogP contribution in [-0.4, -0.2) is 31.5 Å². The van der Waals surface area contributed by atoms with E-state index in [0.29, 0.717) is 28.5 Å². The van der Waals surface area contributed by atoms with Crippen molar-refractivity contribution in [1.82, 2.24) is 10.2 Å². The SMILES string of the molecule is COc1cc(C(C#N)c2ccc(Cl)nn2)cc(OC)c1OC. The number of ether oxygens (including phenoxy) is 3. The van der Waals surface area contributed by atoms with Gasteiger partial charge in [0.25, 0.3) is 0 Å². The van der Waals surface area contributed by atoms with Gasteiger partial charge in [-0.3, -0.25) is 0 Å². The Morgan fingerprint density at radius 2 is 1.68 bits per heavy atom. The normalized spacial score (nSPS) is 11.4. The van der Waals surface area contributed by atoms with Crippen molar-refractivity contribution < 1.29 is 14.2 Å². The summed E-state index contributed by atoms with van der Waals surface area (Å²) >= 11 is 5.73. The van der Waals surface area contributed by atoms with E-state index in [4.69, 9.17) is 25.8 Å². The van der Waals surface area contributed by atoms with Crippen molar-refractivity contribution in [2.75, 3.05) is 21.3 Å². The zero-order chi connectivity index (χ0) is 16.1. The Labute approximate surface area is 133 Å². The van der Waals surface area contributed by atoms with Crippen molar-refractivity contribution in [2.45, 2.75) is 5.92 Å². The van der Waals surface area contributed by atoms with Gasteiger partial charge in [0.05, 0.1) is 33.1 Å². The van der Waals surface area contributed by atoms with Gasteiger partial charge in [-0.05, 0) is 29.8 Å². The third-order valence-corrected chi connectivity index (χ3v) is 3.30. The molecule has 0 radical (unpaired) electrons. The lowest BCUT2D eigenvalue weighted by Gasteiger charge is -2.16. The van der Waals surface area contributed by atoms with E-state index in [1.807, 2.05) is 0 Å². The molecule has 0 aliphatic heterocycles. The zero-order valence-electron chi connectivity index (χ0n) is 12.3. The van der Waals surface area contributed by atoms with Crippen molar-refractivity contribution in [3.63, 3.8) is 0 Å². The van der Waals surface area contributed by atoms with Gasteiger partial charge >= 0.3 is 0 Å². The highest BCUT2D eigenvalue weighted by Crippen LogP contribution is 2.40. The highest BCUT2D eigenvalue weighted by molar-refractivity contribution is 6.29.